The van der Waals surface area contributed by atoms with Crippen LogP contribution >= 0.6 is 0 Å². The van der Waals surface area contributed by atoms with E-state index in [9.17, 15) is 4.79 Å². The van der Waals surface area contributed by atoms with Crippen molar-refractivity contribution in [2.75, 3.05) is 0 Å². The number of ketones is 1. The van der Waals surface area contributed by atoms with Gasteiger partial charge in [0.15, 0.2) is 0 Å². The highest BCUT2D eigenvalue weighted by Crippen LogP contribution is 2.77. The van der Waals surface area contributed by atoms with Crippen LogP contribution in [0.3, 0.4) is 0 Å². The number of carbonyl (C=O) groups excluding carboxylic acids is 1. The maximum atomic E-state index is 12.2. The predicted octanol–water partition coefficient (Wildman–Crippen LogP) is 4.20. The molecule has 0 saturated heterocycles. The molecule has 2 aromatic rings. The molecule has 2 aromatic carbocycles. The standard InChI is InChI=1S/C19H18O/c1-12(20)17-18(2,3)19(17)15-10-6-4-8-13(15)14-9-5-7-11-16(14)19/h4-11,17H,1-3H3. The van der Waals surface area contributed by atoms with Crippen LogP contribution in [0.4, 0.5) is 0 Å². The van der Waals surface area contributed by atoms with Crippen molar-refractivity contribution >= 4 is 5.78 Å². The molecule has 1 heteroatoms. The Morgan fingerprint density at radius 2 is 1.35 bits per heavy atom. The first kappa shape index (κ1) is 11.9. The van der Waals surface area contributed by atoms with Crippen molar-refractivity contribution in [3.05, 3.63) is 59.7 Å². The van der Waals surface area contributed by atoms with Crippen LogP contribution in [-0.4, -0.2) is 5.78 Å². The first-order valence-electron chi connectivity index (χ1n) is 7.22. The van der Waals surface area contributed by atoms with Crippen molar-refractivity contribution in [3.8, 4) is 11.1 Å². The summed E-state index contributed by atoms with van der Waals surface area (Å²) in [5.74, 6) is 0.404. The molecule has 1 nitrogen and oxygen atoms in total. The molecule has 1 fully saturated rings. The van der Waals surface area contributed by atoms with Crippen molar-refractivity contribution in [3.63, 3.8) is 0 Å². The highest BCUT2D eigenvalue weighted by Gasteiger charge is 2.76. The molecule has 0 radical (unpaired) electrons. The summed E-state index contributed by atoms with van der Waals surface area (Å²) in [4.78, 5) is 12.2. The Kier molecular flexibility index (Phi) is 2.03. The third-order valence-corrected chi connectivity index (χ3v) is 5.49. The lowest BCUT2D eigenvalue weighted by Crippen LogP contribution is -2.14. The van der Waals surface area contributed by atoms with Crippen molar-refractivity contribution in [1.29, 1.82) is 0 Å². The minimum atomic E-state index is -0.105. The number of hydrogen-bond acceptors (Lipinski definition) is 1. The summed E-state index contributed by atoms with van der Waals surface area (Å²) in [5.41, 5.74) is 5.19. The Morgan fingerprint density at radius 1 is 0.900 bits per heavy atom. The zero-order chi connectivity index (χ0) is 14.1. The van der Waals surface area contributed by atoms with E-state index >= 15 is 0 Å². The second-order valence-electron chi connectivity index (χ2n) is 6.66. The van der Waals surface area contributed by atoms with Gasteiger partial charge in [0.25, 0.3) is 0 Å². The third kappa shape index (κ3) is 1.05. The van der Waals surface area contributed by atoms with Gasteiger partial charge in [-0.05, 0) is 34.6 Å². The number of fused-ring (bicyclic) bond motifs is 5. The lowest BCUT2D eigenvalue weighted by atomic mass is 9.85. The number of carbonyl (C=O) groups is 1. The first-order chi connectivity index (χ1) is 9.53. The molecular weight excluding hydrogens is 244 g/mol. The SMILES string of the molecule is CC(=O)C1C(C)(C)C12c1ccccc1-c1ccccc12. The quantitative estimate of drug-likeness (QED) is 0.753. The Labute approximate surface area is 119 Å². The van der Waals surface area contributed by atoms with E-state index in [-0.39, 0.29) is 16.7 Å². The number of benzene rings is 2. The van der Waals surface area contributed by atoms with Crippen molar-refractivity contribution < 1.29 is 4.79 Å². The molecule has 0 N–H and O–H groups in total. The van der Waals surface area contributed by atoms with Crippen LogP contribution in [0.5, 0.6) is 0 Å². The Balaban J connectivity index is 2.10. The van der Waals surface area contributed by atoms with Gasteiger partial charge in [-0.15, -0.1) is 0 Å². The van der Waals surface area contributed by atoms with Crippen molar-refractivity contribution in [1.82, 2.24) is 0 Å². The third-order valence-electron chi connectivity index (χ3n) is 5.49. The molecule has 20 heavy (non-hydrogen) atoms. The van der Waals surface area contributed by atoms with Gasteiger partial charge in [0.05, 0.1) is 0 Å². The molecule has 0 bridgehead atoms. The fourth-order valence-electron chi connectivity index (χ4n) is 4.85. The average molecular weight is 262 g/mol. The molecule has 0 aliphatic heterocycles. The topological polar surface area (TPSA) is 17.1 Å². The molecule has 2 aliphatic carbocycles. The zero-order valence-electron chi connectivity index (χ0n) is 12.1. The Bertz CT molecular complexity index is 693. The maximum Gasteiger partial charge on any atom is 0.134 e. The van der Waals surface area contributed by atoms with E-state index in [1.165, 1.54) is 22.3 Å². The van der Waals surface area contributed by atoms with E-state index in [2.05, 4.69) is 62.4 Å². The van der Waals surface area contributed by atoms with Crippen LogP contribution in [0.15, 0.2) is 48.5 Å². The second kappa shape index (κ2) is 3.41. The molecular formula is C19H18O. The van der Waals surface area contributed by atoms with Crippen molar-refractivity contribution in [2.45, 2.75) is 26.2 Å². The van der Waals surface area contributed by atoms with Crippen LogP contribution in [0.1, 0.15) is 31.9 Å². The normalized spacial score (nSPS) is 23.2. The van der Waals surface area contributed by atoms with Gasteiger partial charge >= 0.3 is 0 Å². The molecule has 1 atom stereocenters. The van der Waals surface area contributed by atoms with E-state index in [4.69, 9.17) is 0 Å². The minimum absolute atomic E-state index is 0.00153. The Hall–Kier alpha value is -1.89. The molecule has 0 heterocycles. The number of Topliss-reactive ketones (excluding diaryl/α,β-unsaturated/α-hetero) is 1. The van der Waals surface area contributed by atoms with E-state index in [1.54, 1.807) is 6.92 Å². The number of rotatable bonds is 1. The summed E-state index contributed by atoms with van der Waals surface area (Å²) in [6, 6.07) is 17.2. The van der Waals surface area contributed by atoms with Gasteiger partial charge in [0.1, 0.15) is 5.78 Å². The predicted molar refractivity (Wildman–Crippen MR) is 80.6 cm³/mol. The van der Waals surface area contributed by atoms with Crippen LogP contribution < -0.4 is 0 Å². The van der Waals surface area contributed by atoms with Gasteiger partial charge in [-0.2, -0.15) is 0 Å². The molecule has 0 aromatic heterocycles. The lowest BCUT2D eigenvalue weighted by Gasteiger charge is -2.17. The van der Waals surface area contributed by atoms with E-state index < -0.39 is 0 Å². The van der Waals surface area contributed by atoms with E-state index in [0.29, 0.717) is 5.78 Å². The van der Waals surface area contributed by atoms with Crippen LogP contribution in [0, 0.1) is 11.3 Å². The minimum Gasteiger partial charge on any atom is -0.300 e. The molecule has 0 amide bonds. The van der Waals surface area contributed by atoms with E-state index in [0.717, 1.165) is 0 Å². The fraction of sp³-hybridized carbons (Fsp3) is 0.316. The van der Waals surface area contributed by atoms with E-state index in [1.807, 2.05) is 0 Å². The van der Waals surface area contributed by atoms with Gasteiger partial charge in [0, 0.05) is 11.3 Å². The first-order valence-corrected chi connectivity index (χ1v) is 7.22. The fourth-order valence-corrected chi connectivity index (χ4v) is 4.85. The summed E-state index contributed by atoms with van der Waals surface area (Å²) in [5, 5.41) is 0. The molecule has 1 saturated carbocycles. The van der Waals surface area contributed by atoms with Crippen LogP contribution in [0.2, 0.25) is 0 Å². The van der Waals surface area contributed by atoms with Gasteiger partial charge in [-0.25, -0.2) is 0 Å². The molecule has 4 rings (SSSR count). The number of hydrogen-bond donors (Lipinski definition) is 0. The maximum absolute atomic E-state index is 12.2. The zero-order valence-corrected chi connectivity index (χ0v) is 12.1. The second-order valence-corrected chi connectivity index (χ2v) is 6.66. The highest BCUT2D eigenvalue weighted by molar-refractivity contribution is 5.94. The summed E-state index contributed by atoms with van der Waals surface area (Å²) in [7, 11) is 0. The summed E-state index contributed by atoms with van der Waals surface area (Å²) < 4.78 is 0. The lowest BCUT2D eigenvalue weighted by molar-refractivity contribution is -0.119. The molecule has 1 unspecified atom stereocenters. The summed E-state index contributed by atoms with van der Waals surface area (Å²) in [6.07, 6.45) is 0. The molecule has 100 valence electrons. The van der Waals surface area contributed by atoms with Gasteiger partial charge in [-0.3, -0.25) is 4.79 Å². The molecule has 2 aliphatic rings. The Morgan fingerprint density at radius 3 is 1.75 bits per heavy atom. The summed E-state index contributed by atoms with van der Waals surface area (Å²) in [6.45, 7) is 6.21. The highest BCUT2D eigenvalue weighted by atomic mass is 16.1. The van der Waals surface area contributed by atoms with Gasteiger partial charge in [-0.1, -0.05) is 62.4 Å². The summed E-state index contributed by atoms with van der Waals surface area (Å²) >= 11 is 0. The smallest absolute Gasteiger partial charge is 0.134 e. The monoisotopic (exact) mass is 262 g/mol. The largest absolute Gasteiger partial charge is 0.300 e. The molecule has 1 spiro atoms. The van der Waals surface area contributed by atoms with Crippen LogP contribution in [-0.2, 0) is 10.2 Å². The van der Waals surface area contributed by atoms with Crippen LogP contribution in [0.25, 0.3) is 11.1 Å². The van der Waals surface area contributed by atoms with Crippen molar-refractivity contribution in [2.24, 2.45) is 11.3 Å². The van der Waals surface area contributed by atoms with Gasteiger partial charge < -0.3 is 0 Å². The van der Waals surface area contributed by atoms with Gasteiger partial charge in [0.2, 0.25) is 0 Å². The average Bonchev–Trinajstić information content (AvgIpc) is 2.81.